The maximum atomic E-state index is 13.3. The van der Waals surface area contributed by atoms with Crippen LogP contribution < -0.4 is 10.1 Å². The van der Waals surface area contributed by atoms with Crippen LogP contribution in [-0.4, -0.2) is 45.8 Å². The number of amides is 2. The number of carbonyl (C=O) groups excluding carboxylic acids is 2. The molecule has 0 spiro atoms. The number of ether oxygens (including phenoxy) is 1. The summed E-state index contributed by atoms with van der Waals surface area (Å²) in [6.45, 7) is 0.424. The molecule has 33 heavy (non-hydrogen) atoms. The number of nitrogens with one attached hydrogen (secondary N) is 1. The van der Waals surface area contributed by atoms with Crippen molar-refractivity contribution in [2.45, 2.75) is 18.1 Å². The number of rotatable bonds is 8. The number of anilines is 1. The minimum absolute atomic E-state index is 0.0590. The van der Waals surface area contributed by atoms with E-state index in [1.54, 1.807) is 18.2 Å². The summed E-state index contributed by atoms with van der Waals surface area (Å²) in [6.07, 6.45) is 2.38. The van der Waals surface area contributed by atoms with Crippen LogP contribution in [0.3, 0.4) is 0 Å². The van der Waals surface area contributed by atoms with Gasteiger partial charge in [-0.1, -0.05) is 48.2 Å². The molecule has 0 saturated carbocycles. The average Bonchev–Trinajstić information content (AvgIpc) is 3.13. The lowest BCUT2D eigenvalue weighted by atomic mass is 10.2. The van der Waals surface area contributed by atoms with Crippen molar-refractivity contribution in [2.24, 2.45) is 4.99 Å². The van der Waals surface area contributed by atoms with Gasteiger partial charge in [0.1, 0.15) is 16.7 Å². The largest absolute Gasteiger partial charge is 0.494 e. The van der Waals surface area contributed by atoms with Crippen LogP contribution in [0.25, 0.3) is 0 Å². The van der Waals surface area contributed by atoms with E-state index in [9.17, 15) is 9.59 Å². The first-order valence-corrected chi connectivity index (χ1v) is 11.5. The minimum atomic E-state index is -0.550. The second-order valence-corrected chi connectivity index (χ2v) is 8.52. The molecule has 1 aliphatic rings. The van der Waals surface area contributed by atoms with Crippen molar-refractivity contribution in [3.05, 3.63) is 84.7 Å². The molecule has 2 aromatic carbocycles. The topological polar surface area (TPSA) is 83.9 Å². The van der Waals surface area contributed by atoms with Gasteiger partial charge in [0.05, 0.1) is 7.11 Å². The summed E-state index contributed by atoms with van der Waals surface area (Å²) in [7, 11) is 1.58. The molecule has 1 N–H and O–H groups in total. The van der Waals surface area contributed by atoms with Gasteiger partial charge in [-0.05, 0) is 36.4 Å². The van der Waals surface area contributed by atoms with E-state index in [2.05, 4.69) is 10.3 Å². The Balaban J connectivity index is 1.53. The van der Waals surface area contributed by atoms with Crippen molar-refractivity contribution in [3.63, 3.8) is 0 Å². The zero-order valence-corrected chi connectivity index (χ0v) is 19.0. The van der Waals surface area contributed by atoms with E-state index in [1.807, 2.05) is 72.8 Å². The van der Waals surface area contributed by atoms with Gasteiger partial charge in [-0.15, -0.1) is 0 Å². The first-order chi connectivity index (χ1) is 16.1. The number of amidine groups is 1. The molecule has 1 aliphatic heterocycles. The van der Waals surface area contributed by atoms with Crippen molar-refractivity contribution in [3.8, 4) is 5.75 Å². The lowest BCUT2D eigenvalue weighted by molar-refractivity contribution is -0.128. The monoisotopic (exact) mass is 460 g/mol. The molecule has 3 aromatic rings. The third kappa shape index (κ3) is 5.78. The minimum Gasteiger partial charge on any atom is -0.494 e. The van der Waals surface area contributed by atoms with Gasteiger partial charge in [0.15, 0.2) is 5.17 Å². The maximum absolute atomic E-state index is 13.3. The fourth-order valence-corrected chi connectivity index (χ4v) is 4.61. The van der Waals surface area contributed by atoms with Crippen LogP contribution in [0.1, 0.15) is 12.1 Å². The molecule has 7 nitrogen and oxygen atoms in total. The molecule has 0 bridgehead atoms. The highest BCUT2D eigenvalue weighted by Gasteiger charge is 2.39. The number of methoxy groups -OCH3 is 1. The van der Waals surface area contributed by atoms with Gasteiger partial charge >= 0.3 is 0 Å². The van der Waals surface area contributed by atoms with Crippen molar-refractivity contribution in [1.82, 2.24) is 9.88 Å². The number of thioether (sulfide) groups is 1. The summed E-state index contributed by atoms with van der Waals surface area (Å²) in [4.78, 5) is 36.6. The van der Waals surface area contributed by atoms with E-state index >= 15 is 0 Å². The van der Waals surface area contributed by atoms with Crippen molar-refractivity contribution in [1.29, 1.82) is 0 Å². The normalized spacial score (nSPS) is 16.8. The Kier molecular flexibility index (Phi) is 7.36. The molecule has 4 rings (SSSR count). The summed E-state index contributed by atoms with van der Waals surface area (Å²) in [5, 5.41) is 2.86. The number of pyridine rings is 1. The summed E-state index contributed by atoms with van der Waals surface area (Å²) in [6, 6.07) is 22.3. The van der Waals surface area contributed by atoms with Crippen LogP contribution in [-0.2, 0) is 16.0 Å². The molecular formula is C25H24N4O3S. The molecule has 1 fully saturated rings. The van der Waals surface area contributed by atoms with Gasteiger partial charge in [0, 0.05) is 37.0 Å². The van der Waals surface area contributed by atoms with Gasteiger partial charge in [-0.25, -0.2) is 4.99 Å². The first kappa shape index (κ1) is 22.5. The molecule has 1 aromatic heterocycles. The van der Waals surface area contributed by atoms with Crippen LogP contribution in [0.5, 0.6) is 5.75 Å². The van der Waals surface area contributed by atoms with Crippen LogP contribution >= 0.6 is 11.8 Å². The fourth-order valence-electron chi connectivity index (χ4n) is 3.43. The number of nitrogens with zero attached hydrogens (tertiary/aromatic N) is 3. The molecule has 1 unspecified atom stereocenters. The van der Waals surface area contributed by atoms with Crippen LogP contribution in [0, 0.1) is 0 Å². The molecule has 0 radical (unpaired) electrons. The van der Waals surface area contributed by atoms with E-state index in [0.29, 0.717) is 35.3 Å². The fraction of sp³-hybridized carbons (Fsp3) is 0.200. The molecular weight excluding hydrogens is 436 g/mol. The summed E-state index contributed by atoms with van der Waals surface area (Å²) >= 11 is 1.30. The quantitative estimate of drug-likeness (QED) is 0.542. The van der Waals surface area contributed by atoms with E-state index in [0.717, 1.165) is 5.69 Å². The second kappa shape index (κ2) is 10.8. The highest BCUT2D eigenvalue weighted by atomic mass is 32.2. The number of aliphatic imine (C=N–C) groups is 1. The van der Waals surface area contributed by atoms with E-state index in [1.165, 1.54) is 11.8 Å². The molecule has 2 amide bonds. The zero-order chi connectivity index (χ0) is 23.0. The molecule has 0 aliphatic carbocycles. The number of hydrogen-bond acceptors (Lipinski definition) is 6. The van der Waals surface area contributed by atoms with Gasteiger partial charge in [-0.3, -0.25) is 19.5 Å². The highest BCUT2D eigenvalue weighted by Crippen LogP contribution is 2.34. The van der Waals surface area contributed by atoms with Crippen LogP contribution in [0.4, 0.5) is 11.4 Å². The number of benzene rings is 2. The van der Waals surface area contributed by atoms with Crippen molar-refractivity contribution >= 4 is 40.1 Å². The Bertz CT molecular complexity index is 1140. The molecule has 8 heteroatoms. The average molecular weight is 461 g/mol. The van der Waals surface area contributed by atoms with E-state index in [4.69, 9.17) is 9.73 Å². The van der Waals surface area contributed by atoms with Crippen LogP contribution in [0.15, 0.2) is 84.0 Å². The maximum Gasteiger partial charge on any atom is 0.242 e. The summed E-state index contributed by atoms with van der Waals surface area (Å²) in [5.74, 6) is 0.274. The molecule has 168 valence electrons. The lowest BCUT2D eigenvalue weighted by Crippen LogP contribution is -2.35. The van der Waals surface area contributed by atoms with Gasteiger partial charge in [0.2, 0.25) is 11.8 Å². The molecule has 1 saturated heterocycles. The van der Waals surface area contributed by atoms with E-state index in [-0.39, 0.29) is 18.2 Å². The van der Waals surface area contributed by atoms with Crippen molar-refractivity contribution < 1.29 is 14.3 Å². The van der Waals surface area contributed by atoms with Gasteiger partial charge in [0.25, 0.3) is 0 Å². The third-order valence-corrected chi connectivity index (χ3v) is 6.24. The summed E-state index contributed by atoms with van der Waals surface area (Å²) in [5.41, 5.74) is 2.22. The zero-order valence-electron chi connectivity index (χ0n) is 18.2. The number of hydrogen-bond donors (Lipinski definition) is 1. The number of aromatic nitrogens is 1. The molecule has 2 heterocycles. The Morgan fingerprint density at radius 3 is 2.61 bits per heavy atom. The smallest absolute Gasteiger partial charge is 0.242 e. The lowest BCUT2D eigenvalue weighted by Gasteiger charge is -2.16. The number of carbonyl (C=O) groups is 2. The predicted octanol–water partition coefficient (Wildman–Crippen LogP) is 4.29. The second-order valence-electron chi connectivity index (χ2n) is 7.35. The standard InChI is InChI=1S/C25H24N4O3S/c1-32-21-13-6-5-12-20(21)28-25-29(16-14-18-9-7-8-15-26-18)24(31)22(33-25)17-23(30)27-19-10-3-2-4-11-19/h2-13,15,22H,14,16-17H2,1H3,(H,27,30). The third-order valence-electron chi connectivity index (χ3n) is 5.07. The molecule has 1 atom stereocenters. The van der Waals surface area contributed by atoms with Crippen molar-refractivity contribution in [2.75, 3.05) is 19.0 Å². The Morgan fingerprint density at radius 2 is 1.85 bits per heavy atom. The van der Waals surface area contributed by atoms with Gasteiger partial charge < -0.3 is 10.1 Å². The highest BCUT2D eigenvalue weighted by molar-refractivity contribution is 8.15. The Morgan fingerprint density at radius 1 is 1.09 bits per heavy atom. The number of para-hydroxylation sites is 3. The first-order valence-electron chi connectivity index (χ1n) is 10.6. The van der Waals surface area contributed by atoms with Crippen LogP contribution in [0.2, 0.25) is 0 Å². The Labute approximate surface area is 196 Å². The SMILES string of the molecule is COc1ccccc1N=C1SC(CC(=O)Nc2ccccc2)C(=O)N1CCc1ccccn1. The van der Waals surface area contributed by atoms with Gasteiger partial charge in [-0.2, -0.15) is 0 Å². The predicted molar refractivity (Wildman–Crippen MR) is 131 cm³/mol. The summed E-state index contributed by atoms with van der Waals surface area (Å²) < 4.78 is 5.41. The van der Waals surface area contributed by atoms with E-state index < -0.39 is 5.25 Å². The Hall–Kier alpha value is -3.65.